The highest BCUT2D eigenvalue weighted by molar-refractivity contribution is 8.00. The van der Waals surface area contributed by atoms with Crippen molar-refractivity contribution in [1.29, 1.82) is 0 Å². The van der Waals surface area contributed by atoms with Crippen LogP contribution in [0.2, 0.25) is 0 Å². The van der Waals surface area contributed by atoms with Gasteiger partial charge < -0.3 is 19.8 Å². The summed E-state index contributed by atoms with van der Waals surface area (Å²) in [6.07, 6.45) is 0.598. The Labute approximate surface area is 242 Å². The predicted molar refractivity (Wildman–Crippen MR) is 150 cm³/mol. The standard InChI is InChI=1S/C29H38F3N5O3S/c1-20(38)36-14-9-25-23(18-36)28(33-37(25)17-22(39)16-34-10-3-2-4-11-34)21-7-8-24(29(30,31)32)26(15-21)41-19-27(40)35-12-5-6-13-35/h7-8,15,22,39H,2-6,9-14,16-19H2,1H3. The second-order valence-electron chi connectivity index (χ2n) is 11.2. The van der Waals surface area contributed by atoms with Gasteiger partial charge in [-0.3, -0.25) is 14.3 Å². The van der Waals surface area contributed by atoms with Gasteiger partial charge in [-0.15, -0.1) is 11.8 Å². The molecule has 0 radical (unpaired) electrons. The van der Waals surface area contributed by atoms with Crippen LogP contribution in [-0.2, 0) is 35.3 Å². The van der Waals surface area contributed by atoms with Crippen LogP contribution >= 0.6 is 11.8 Å². The lowest BCUT2D eigenvalue weighted by molar-refractivity contribution is -0.139. The summed E-state index contributed by atoms with van der Waals surface area (Å²) in [5, 5.41) is 15.7. The van der Waals surface area contributed by atoms with E-state index in [2.05, 4.69) is 4.90 Å². The maximum absolute atomic E-state index is 14.0. The number of aromatic nitrogens is 2. The molecular weight excluding hydrogens is 555 g/mol. The SMILES string of the molecule is CC(=O)N1CCc2c(c(-c3ccc(C(F)(F)F)c(SCC(=O)N4CCCC4)c3)nn2CC(O)CN2CCCCC2)C1. The molecule has 2 aromatic rings. The van der Waals surface area contributed by atoms with Crippen LogP contribution in [0.15, 0.2) is 23.1 Å². The van der Waals surface area contributed by atoms with Crippen LogP contribution in [0.1, 0.15) is 55.8 Å². The molecule has 1 atom stereocenters. The van der Waals surface area contributed by atoms with Crippen molar-refractivity contribution in [3.05, 3.63) is 35.0 Å². The Morgan fingerprint density at radius 1 is 1.00 bits per heavy atom. The predicted octanol–water partition coefficient (Wildman–Crippen LogP) is 4.03. The second-order valence-corrected chi connectivity index (χ2v) is 12.3. The molecule has 0 bridgehead atoms. The van der Waals surface area contributed by atoms with Crippen LogP contribution < -0.4 is 0 Å². The van der Waals surface area contributed by atoms with Crippen LogP contribution in [0.25, 0.3) is 11.3 Å². The number of hydrogen-bond acceptors (Lipinski definition) is 6. The third-order valence-electron chi connectivity index (χ3n) is 8.25. The van der Waals surface area contributed by atoms with E-state index in [4.69, 9.17) is 5.10 Å². The molecule has 0 saturated carbocycles. The molecule has 5 rings (SSSR count). The molecule has 2 fully saturated rings. The van der Waals surface area contributed by atoms with Gasteiger partial charge in [-0.1, -0.05) is 12.5 Å². The van der Waals surface area contributed by atoms with E-state index in [1.165, 1.54) is 25.5 Å². The van der Waals surface area contributed by atoms with Crippen LogP contribution in [0.4, 0.5) is 13.2 Å². The van der Waals surface area contributed by atoms with Crippen molar-refractivity contribution in [2.75, 3.05) is 45.0 Å². The second kappa shape index (κ2) is 12.7. The summed E-state index contributed by atoms with van der Waals surface area (Å²) in [7, 11) is 0. The molecule has 0 spiro atoms. The van der Waals surface area contributed by atoms with E-state index < -0.39 is 17.8 Å². The number of benzene rings is 1. The number of aliphatic hydroxyl groups is 1. The van der Waals surface area contributed by atoms with E-state index in [0.717, 1.165) is 67.9 Å². The third kappa shape index (κ3) is 7.09. The number of hydrogen-bond donors (Lipinski definition) is 1. The summed E-state index contributed by atoms with van der Waals surface area (Å²) < 4.78 is 43.6. The number of halogens is 3. The quantitative estimate of drug-likeness (QED) is 0.466. The largest absolute Gasteiger partial charge is 0.417 e. The van der Waals surface area contributed by atoms with Gasteiger partial charge in [-0.25, -0.2) is 0 Å². The zero-order chi connectivity index (χ0) is 29.1. The van der Waals surface area contributed by atoms with Crippen molar-refractivity contribution in [2.24, 2.45) is 0 Å². The molecule has 1 N–H and O–H groups in total. The van der Waals surface area contributed by atoms with E-state index in [1.807, 2.05) is 0 Å². The highest BCUT2D eigenvalue weighted by Crippen LogP contribution is 2.40. The van der Waals surface area contributed by atoms with E-state index in [1.54, 1.807) is 14.5 Å². The Balaban J connectivity index is 1.44. The lowest BCUT2D eigenvalue weighted by Gasteiger charge is -2.29. The van der Waals surface area contributed by atoms with Crippen molar-refractivity contribution in [3.8, 4) is 11.3 Å². The number of thioether (sulfide) groups is 1. The zero-order valence-corrected chi connectivity index (χ0v) is 24.3. The summed E-state index contributed by atoms with van der Waals surface area (Å²) >= 11 is 0.902. The fourth-order valence-electron chi connectivity index (χ4n) is 6.06. The average Bonchev–Trinajstić information content (AvgIpc) is 3.60. The lowest BCUT2D eigenvalue weighted by atomic mass is 9.99. The first-order chi connectivity index (χ1) is 19.6. The Morgan fingerprint density at radius 3 is 2.39 bits per heavy atom. The molecule has 8 nitrogen and oxygen atoms in total. The molecule has 2 saturated heterocycles. The maximum atomic E-state index is 14.0. The van der Waals surface area contributed by atoms with Crippen molar-refractivity contribution < 1.29 is 27.9 Å². The number of carbonyl (C=O) groups is 2. The Morgan fingerprint density at radius 2 is 1.71 bits per heavy atom. The smallest absolute Gasteiger partial charge is 0.390 e. The molecule has 1 unspecified atom stereocenters. The van der Waals surface area contributed by atoms with Crippen LogP contribution in [-0.4, -0.2) is 92.5 Å². The summed E-state index contributed by atoms with van der Waals surface area (Å²) in [5.74, 6) is -0.309. The van der Waals surface area contributed by atoms with Crippen molar-refractivity contribution in [2.45, 2.75) is 75.7 Å². The number of carbonyl (C=O) groups excluding carboxylic acids is 2. The van der Waals surface area contributed by atoms with Gasteiger partial charge in [0.2, 0.25) is 11.8 Å². The van der Waals surface area contributed by atoms with Crippen molar-refractivity contribution in [1.82, 2.24) is 24.5 Å². The van der Waals surface area contributed by atoms with Gasteiger partial charge in [-0.05, 0) is 50.9 Å². The summed E-state index contributed by atoms with van der Waals surface area (Å²) in [4.78, 5) is 30.5. The van der Waals surface area contributed by atoms with Gasteiger partial charge in [0.05, 0.1) is 29.7 Å². The number of fused-ring (bicyclic) bond motifs is 1. The van der Waals surface area contributed by atoms with Crippen LogP contribution in [0.3, 0.4) is 0 Å². The van der Waals surface area contributed by atoms with E-state index >= 15 is 0 Å². The van der Waals surface area contributed by atoms with E-state index in [9.17, 15) is 27.9 Å². The first-order valence-electron chi connectivity index (χ1n) is 14.5. The normalized spacial score (nSPS) is 19.0. The van der Waals surface area contributed by atoms with Gasteiger partial charge in [0.15, 0.2) is 0 Å². The Hall–Kier alpha value is -2.57. The number of alkyl halides is 3. The van der Waals surface area contributed by atoms with Gasteiger partial charge in [0, 0.05) is 67.8 Å². The number of rotatable bonds is 8. The Bertz CT molecular complexity index is 1260. The highest BCUT2D eigenvalue weighted by atomic mass is 32.2. The molecule has 4 heterocycles. The number of nitrogens with zero attached hydrogens (tertiary/aromatic N) is 5. The summed E-state index contributed by atoms with van der Waals surface area (Å²) in [5.41, 5.74) is 1.92. The van der Waals surface area contributed by atoms with E-state index in [-0.39, 0.29) is 29.0 Å². The summed E-state index contributed by atoms with van der Waals surface area (Å²) in [6, 6.07) is 3.94. The van der Waals surface area contributed by atoms with Crippen molar-refractivity contribution in [3.63, 3.8) is 0 Å². The minimum absolute atomic E-state index is 0.0183. The first kappa shape index (κ1) is 29.9. The fourth-order valence-corrected chi connectivity index (χ4v) is 7.07. The molecule has 224 valence electrons. The number of likely N-dealkylation sites (tertiary alicyclic amines) is 2. The van der Waals surface area contributed by atoms with Gasteiger partial charge in [-0.2, -0.15) is 18.3 Å². The maximum Gasteiger partial charge on any atom is 0.417 e. The van der Waals surface area contributed by atoms with Gasteiger partial charge >= 0.3 is 6.18 Å². The molecular formula is C29H38F3N5O3S. The number of β-amino-alcohol motifs (C(OH)–C–C–N with tert-alkyl or cyclic N) is 1. The molecule has 1 aromatic carbocycles. The van der Waals surface area contributed by atoms with Gasteiger partial charge in [0.25, 0.3) is 0 Å². The lowest BCUT2D eigenvalue weighted by Crippen LogP contribution is -2.39. The number of piperidine rings is 1. The van der Waals surface area contributed by atoms with Crippen molar-refractivity contribution >= 4 is 23.6 Å². The molecule has 3 aliphatic heterocycles. The molecule has 12 heteroatoms. The van der Waals surface area contributed by atoms with Crippen LogP contribution in [0.5, 0.6) is 0 Å². The number of aliphatic hydroxyl groups excluding tert-OH is 1. The summed E-state index contributed by atoms with van der Waals surface area (Å²) in [6.45, 7) is 6.33. The highest BCUT2D eigenvalue weighted by Gasteiger charge is 2.35. The molecule has 3 aliphatic rings. The molecule has 41 heavy (non-hydrogen) atoms. The first-order valence-corrected chi connectivity index (χ1v) is 15.5. The third-order valence-corrected chi connectivity index (χ3v) is 9.29. The fraction of sp³-hybridized carbons (Fsp3) is 0.621. The minimum Gasteiger partial charge on any atom is -0.390 e. The molecule has 2 amide bonds. The zero-order valence-electron chi connectivity index (χ0n) is 23.5. The van der Waals surface area contributed by atoms with E-state index in [0.29, 0.717) is 50.4 Å². The Kier molecular flexibility index (Phi) is 9.30. The molecule has 0 aliphatic carbocycles. The molecule has 1 aromatic heterocycles. The number of amides is 2. The monoisotopic (exact) mass is 593 g/mol. The average molecular weight is 594 g/mol. The van der Waals surface area contributed by atoms with Gasteiger partial charge in [0.1, 0.15) is 0 Å². The topological polar surface area (TPSA) is 81.9 Å². The van der Waals surface area contributed by atoms with Crippen LogP contribution in [0, 0.1) is 0 Å². The minimum atomic E-state index is -4.57.